The summed E-state index contributed by atoms with van der Waals surface area (Å²) in [6.07, 6.45) is 0. The molecule has 0 atom stereocenters. The largest absolute Gasteiger partial charge is 0.352 e. The molecule has 0 N–H and O–H groups in total. The molecule has 124 valence electrons. The van der Waals surface area contributed by atoms with Crippen molar-refractivity contribution in [3.05, 3.63) is 54.6 Å². The zero-order chi connectivity index (χ0) is 15.6. The molecule has 1 aliphatic rings. The van der Waals surface area contributed by atoms with Gasteiger partial charge in [-0.25, -0.2) is 0 Å². The number of likely N-dealkylation sites (N-methyl/N-ethyl adjacent to an activating group) is 1. The highest BCUT2D eigenvalue weighted by atomic mass is 35.5. The van der Waals surface area contributed by atoms with Crippen LogP contribution < -0.4 is 4.90 Å². The number of piperazine rings is 1. The molecule has 0 aliphatic carbocycles. The second-order valence-electron chi connectivity index (χ2n) is 6.07. The van der Waals surface area contributed by atoms with E-state index >= 15 is 0 Å². The third-order valence-electron chi connectivity index (χ3n) is 4.52. The first kappa shape index (κ1) is 16.7. The lowest BCUT2D eigenvalue weighted by atomic mass is 10.0. The average Bonchev–Trinajstić information content (AvgIpc) is 2.62. The normalized spacial score (nSPS) is 15.3. The standard InChI is InChI=1S/C19H20N4.ClH/c1-22-11-13-23(14-12-22)19-17-10-6-5-9-16(17)18(20-21-19)15-7-3-2-4-8-15;/h2-10H,11-14H2,1H3;1H. The molecule has 1 aliphatic heterocycles. The molecule has 5 heteroatoms. The summed E-state index contributed by atoms with van der Waals surface area (Å²) in [5, 5.41) is 11.5. The maximum absolute atomic E-state index is 4.59. The number of halogens is 1. The fraction of sp³-hybridized carbons (Fsp3) is 0.263. The Balaban J connectivity index is 0.00000169. The Kier molecular flexibility index (Phi) is 4.97. The fourth-order valence-electron chi connectivity index (χ4n) is 3.15. The van der Waals surface area contributed by atoms with Gasteiger partial charge in [-0.15, -0.1) is 22.6 Å². The van der Waals surface area contributed by atoms with E-state index in [-0.39, 0.29) is 12.4 Å². The summed E-state index contributed by atoms with van der Waals surface area (Å²) < 4.78 is 0. The zero-order valence-electron chi connectivity index (χ0n) is 13.7. The Labute approximate surface area is 148 Å². The van der Waals surface area contributed by atoms with Crippen molar-refractivity contribution in [2.24, 2.45) is 0 Å². The smallest absolute Gasteiger partial charge is 0.159 e. The molecule has 1 fully saturated rings. The molecule has 1 aromatic heterocycles. The van der Waals surface area contributed by atoms with E-state index < -0.39 is 0 Å². The number of nitrogens with zero attached hydrogens (tertiary/aromatic N) is 4. The Morgan fingerprint density at radius 3 is 2.08 bits per heavy atom. The molecule has 1 saturated heterocycles. The van der Waals surface area contributed by atoms with Crippen LogP contribution in [-0.4, -0.2) is 48.3 Å². The lowest BCUT2D eigenvalue weighted by molar-refractivity contribution is 0.312. The maximum atomic E-state index is 4.59. The minimum atomic E-state index is 0. The van der Waals surface area contributed by atoms with E-state index in [2.05, 4.69) is 63.4 Å². The van der Waals surface area contributed by atoms with Crippen LogP contribution in [0.2, 0.25) is 0 Å². The van der Waals surface area contributed by atoms with E-state index in [1.807, 2.05) is 18.2 Å². The number of hydrogen-bond donors (Lipinski definition) is 0. The minimum absolute atomic E-state index is 0. The van der Waals surface area contributed by atoms with E-state index in [1.54, 1.807) is 0 Å². The molecule has 0 saturated carbocycles. The van der Waals surface area contributed by atoms with Gasteiger partial charge < -0.3 is 9.80 Å². The molecule has 2 aromatic carbocycles. The highest BCUT2D eigenvalue weighted by molar-refractivity contribution is 6.00. The van der Waals surface area contributed by atoms with Gasteiger partial charge in [-0.05, 0) is 7.05 Å². The lowest BCUT2D eigenvalue weighted by Crippen LogP contribution is -2.45. The number of fused-ring (bicyclic) bond motifs is 1. The van der Waals surface area contributed by atoms with Crippen molar-refractivity contribution in [3.63, 3.8) is 0 Å². The van der Waals surface area contributed by atoms with E-state index in [4.69, 9.17) is 0 Å². The van der Waals surface area contributed by atoms with Crippen molar-refractivity contribution in [1.29, 1.82) is 0 Å². The van der Waals surface area contributed by atoms with E-state index in [0.717, 1.165) is 43.3 Å². The highest BCUT2D eigenvalue weighted by Gasteiger charge is 2.19. The molecule has 24 heavy (non-hydrogen) atoms. The molecule has 0 spiro atoms. The molecule has 3 aromatic rings. The van der Waals surface area contributed by atoms with Gasteiger partial charge in [-0.1, -0.05) is 54.6 Å². The third-order valence-corrected chi connectivity index (χ3v) is 4.52. The van der Waals surface area contributed by atoms with Gasteiger partial charge in [-0.2, -0.15) is 0 Å². The van der Waals surface area contributed by atoms with Crippen LogP contribution in [0.5, 0.6) is 0 Å². The van der Waals surface area contributed by atoms with E-state index in [0.29, 0.717) is 0 Å². The molecule has 0 radical (unpaired) electrons. The van der Waals surface area contributed by atoms with E-state index in [1.165, 1.54) is 10.8 Å². The van der Waals surface area contributed by atoms with Crippen molar-refractivity contribution >= 4 is 29.0 Å². The van der Waals surface area contributed by atoms with Gasteiger partial charge >= 0.3 is 0 Å². The van der Waals surface area contributed by atoms with Crippen molar-refractivity contribution in [2.75, 3.05) is 38.1 Å². The molecular formula is C19H21ClN4. The first-order valence-corrected chi connectivity index (χ1v) is 8.07. The number of rotatable bonds is 2. The van der Waals surface area contributed by atoms with Gasteiger partial charge in [-0.3, -0.25) is 0 Å². The van der Waals surface area contributed by atoms with Gasteiger partial charge in [0, 0.05) is 42.5 Å². The van der Waals surface area contributed by atoms with Crippen LogP contribution in [0.1, 0.15) is 0 Å². The topological polar surface area (TPSA) is 32.3 Å². The highest BCUT2D eigenvalue weighted by Crippen LogP contribution is 2.31. The molecule has 0 bridgehead atoms. The third kappa shape index (κ3) is 3.07. The summed E-state index contributed by atoms with van der Waals surface area (Å²) in [4.78, 5) is 4.70. The van der Waals surface area contributed by atoms with Gasteiger partial charge in [0.05, 0.1) is 0 Å². The summed E-state index contributed by atoms with van der Waals surface area (Å²) in [6, 6.07) is 18.7. The van der Waals surface area contributed by atoms with Crippen LogP contribution in [0.25, 0.3) is 22.0 Å². The quantitative estimate of drug-likeness (QED) is 0.715. The second-order valence-corrected chi connectivity index (χ2v) is 6.07. The molecule has 2 heterocycles. The Bertz CT molecular complexity index is 814. The van der Waals surface area contributed by atoms with Crippen molar-refractivity contribution < 1.29 is 0 Å². The summed E-state index contributed by atoms with van der Waals surface area (Å²) in [7, 11) is 2.17. The zero-order valence-corrected chi connectivity index (χ0v) is 14.5. The molecule has 0 unspecified atom stereocenters. The fourth-order valence-corrected chi connectivity index (χ4v) is 3.15. The Hall–Kier alpha value is -2.17. The summed E-state index contributed by atoms with van der Waals surface area (Å²) in [5.74, 6) is 1.01. The Morgan fingerprint density at radius 2 is 1.38 bits per heavy atom. The molecule has 4 nitrogen and oxygen atoms in total. The average molecular weight is 341 g/mol. The van der Waals surface area contributed by atoms with Crippen LogP contribution >= 0.6 is 12.4 Å². The SMILES string of the molecule is CN1CCN(c2nnc(-c3ccccc3)c3ccccc23)CC1.Cl. The van der Waals surface area contributed by atoms with Gasteiger partial charge in [0.2, 0.25) is 0 Å². The minimum Gasteiger partial charge on any atom is -0.352 e. The van der Waals surface area contributed by atoms with Crippen LogP contribution in [0, 0.1) is 0 Å². The van der Waals surface area contributed by atoms with Crippen LogP contribution in [0.3, 0.4) is 0 Å². The van der Waals surface area contributed by atoms with Crippen molar-refractivity contribution in [1.82, 2.24) is 15.1 Å². The van der Waals surface area contributed by atoms with Gasteiger partial charge in [0.25, 0.3) is 0 Å². The number of hydrogen-bond acceptors (Lipinski definition) is 4. The van der Waals surface area contributed by atoms with Crippen LogP contribution in [0.15, 0.2) is 54.6 Å². The van der Waals surface area contributed by atoms with Crippen LogP contribution in [-0.2, 0) is 0 Å². The molecule has 4 rings (SSSR count). The predicted octanol–water partition coefficient (Wildman–Crippen LogP) is 3.47. The predicted molar refractivity (Wildman–Crippen MR) is 102 cm³/mol. The number of anilines is 1. The first-order chi connectivity index (χ1) is 11.3. The van der Waals surface area contributed by atoms with E-state index in [9.17, 15) is 0 Å². The number of aromatic nitrogens is 2. The lowest BCUT2D eigenvalue weighted by Gasteiger charge is -2.33. The summed E-state index contributed by atoms with van der Waals surface area (Å²) in [6.45, 7) is 4.13. The molecular weight excluding hydrogens is 320 g/mol. The maximum Gasteiger partial charge on any atom is 0.159 e. The number of benzene rings is 2. The summed E-state index contributed by atoms with van der Waals surface area (Å²) >= 11 is 0. The first-order valence-electron chi connectivity index (χ1n) is 8.07. The monoisotopic (exact) mass is 340 g/mol. The van der Waals surface area contributed by atoms with Crippen LogP contribution in [0.4, 0.5) is 5.82 Å². The van der Waals surface area contributed by atoms with Crippen molar-refractivity contribution in [2.45, 2.75) is 0 Å². The Morgan fingerprint density at radius 1 is 0.750 bits per heavy atom. The molecule has 0 amide bonds. The van der Waals surface area contributed by atoms with Gasteiger partial charge in [0.1, 0.15) is 5.69 Å². The van der Waals surface area contributed by atoms with Gasteiger partial charge in [0.15, 0.2) is 5.82 Å². The second kappa shape index (κ2) is 7.16. The summed E-state index contributed by atoms with van der Waals surface area (Å²) in [5.41, 5.74) is 2.07. The van der Waals surface area contributed by atoms with Crippen molar-refractivity contribution in [3.8, 4) is 11.3 Å².